The lowest BCUT2D eigenvalue weighted by Crippen LogP contribution is -2.35. The van der Waals surface area contributed by atoms with Crippen LogP contribution in [0.15, 0.2) is 36.4 Å². The van der Waals surface area contributed by atoms with Crippen molar-refractivity contribution in [2.45, 2.75) is 117 Å². The second kappa shape index (κ2) is 14.8. The SMILES string of the molecule is CCCCCCCCOc1ccc(-c2ccc3c(c2)COC(C2CCC(CCCCC)CC2)O3)c(F)c1. The molecule has 0 amide bonds. The summed E-state index contributed by atoms with van der Waals surface area (Å²) in [4.78, 5) is 0. The molecule has 0 spiro atoms. The van der Waals surface area contributed by atoms with Crippen LogP contribution in [0.1, 0.15) is 109 Å². The number of benzene rings is 2. The smallest absolute Gasteiger partial charge is 0.203 e. The van der Waals surface area contributed by atoms with Crippen LogP contribution in [-0.2, 0) is 11.3 Å². The molecule has 4 rings (SSSR count). The van der Waals surface area contributed by atoms with Crippen molar-refractivity contribution in [1.29, 1.82) is 0 Å². The summed E-state index contributed by atoms with van der Waals surface area (Å²) in [6, 6.07) is 11.1. The molecule has 2 aliphatic rings. The van der Waals surface area contributed by atoms with Crippen LogP contribution in [0.2, 0.25) is 0 Å². The standard InChI is InChI=1S/C33H47FO3/c1-3-5-7-8-9-11-21-35-29-18-19-30(31(34)23-29)27-17-20-32-28(22-27)24-36-33(37-32)26-15-13-25(14-16-26)12-10-6-4-2/h17-20,22-23,25-26,33H,3-16,21,24H2,1-2H3. The van der Waals surface area contributed by atoms with Crippen molar-refractivity contribution in [2.24, 2.45) is 11.8 Å². The van der Waals surface area contributed by atoms with Gasteiger partial charge in [-0.25, -0.2) is 4.39 Å². The molecule has 1 unspecified atom stereocenters. The summed E-state index contributed by atoms with van der Waals surface area (Å²) in [7, 11) is 0. The van der Waals surface area contributed by atoms with Gasteiger partial charge in [0.05, 0.1) is 13.2 Å². The minimum Gasteiger partial charge on any atom is -0.493 e. The van der Waals surface area contributed by atoms with E-state index in [1.807, 2.05) is 30.3 Å². The fraction of sp³-hybridized carbons (Fsp3) is 0.636. The Morgan fingerprint density at radius 2 is 1.59 bits per heavy atom. The molecule has 0 saturated heterocycles. The molecule has 0 bridgehead atoms. The van der Waals surface area contributed by atoms with Crippen molar-refractivity contribution < 1.29 is 18.6 Å². The number of unbranched alkanes of at least 4 members (excludes halogenated alkanes) is 7. The molecule has 1 atom stereocenters. The van der Waals surface area contributed by atoms with E-state index in [0.29, 0.717) is 30.4 Å². The van der Waals surface area contributed by atoms with Gasteiger partial charge in [0, 0.05) is 23.1 Å². The Balaban J connectivity index is 1.27. The molecule has 3 nitrogen and oxygen atoms in total. The van der Waals surface area contributed by atoms with Gasteiger partial charge in [-0.1, -0.05) is 77.7 Å². The first-order valence-corrected chi connectivity index (χ1v) is 15.0. The molecule has 2 aromatic rings. The van der Waals surface area contributed by atoms with Crippen molar-refractivity contribution in [3.8, 4) is 22.6 Å². The summed E-state index contributed by atoms with van der Waals surface area (Å²) in [6.45, 7) is 5.66. The summed E-state index contributed by atoms with van der Waals surface area (Å²) >= 11 is 0. The second-order valence-electron chi connectivity index (χ2n) is 11.2. The Morgan fingerprint density at radius 1 is 0.838 bits per heavy atom. The van der Waals surface area contributed by atoms with Crippen molar-refractivity contribution in [3.63, 3.8) is 0 Å². The zero-order valence-electron chi connectivity index (χ0n) is 23.1. The van der Waals surface area contributed by atoms with Gasteiger partial charge >= 0.3 is 0 Å². The quantitative estimate of drug-likeness (QED) is 0.237. The molecular weight excluding hydrogens is 463 g/mol. The lowest BCUT2D eigenvalue weighted by molar-refractivity contribution is -0.148. The maximum Gasteiger partial charge on any atom is 0.203 e. The number of ether oxygens (including phenoxy) is 3. The van der Waals surface area contributed by atoms with Gasteiger partial charge in [0.2, 0.25) is 6.29 Å². The molecule has 37 heavy (non-hydrogen) atoms. The van der Waals surface area contributed by atoms with Gasteiger partial charge in [0.15, 0.2) is 0 Å². The monoisotopic (exact) mass is 510 g/mol. The molecule has 204 valence electrons. The van der Waals surface area contributed by atoms with E-state index in [1.54, 1.807) is 0 Å². The van der Waals surface area contributed by atoms with Gasteiger partial charge in [-0.15, -0.1) is 0 Å². The van der Waals surface area contributed by atoms with Gasteiger partial charge in [-0.3, -0.25) is 0 Å². The van der Waals surface area contributed by atoms with Crippen molar-refractivity contribution in [2.75, 3.05) is 6.61 Å². The molecule has 4 heteroatoms. The highest BCUT2D eigenvalue weighted by atomic mass is 19.1. The maximum atomic E-state index is 15.0. The Kier molecular flexibility index (Phi) is 11.1. The highest BCUT2D eigenvalue weighted by Crippen LogP contribution is 2.39. The third-order valence-corrected chi connectivity index (χ3v) is 8.22. The normalized spacial score (nSPS) is 21.3. The number of rotatable bonds is 14. The van der Waals surface area contributed by atoms with Crippen LogP contribution in [0.5, 0.6) is 11.5 Å². The minimum absolute atomic E-state index is 0.158. The Morgan fingerprint density at radius 3 is 2.38 bits per heavy atom. The molecule has 1 aliphatic carbocycles. The van der Waals surface area contributed by atoms with Gasteiger partial charge in [-0.2, -0.15) is 0 Å². The lowest BCUT2D eigenvalue weighted by Gasteiger charge is -2.36. The maximum absolute atomic E-state index is 15.0. The third kappa shape index (κ3) is 8.21. The van der Waals surface area contributed by atoms with E-state index in [0.717, 1.165) is 29.2 Å². The molecule has 2 aromatic carbocycles. The minimum atomic E-state index is -0.258. The Bertz CT molecular complexity index is 951. The molecule has 1 saturated carbocycles. The Hall–Kier alpha value is -2.07. The van der Waals surface area contributed by atoms with Crippen LogP contribution in [0.4, 0.5) is 4.39 Å². The van der Waals surface area contributed by atoms with Gasteiger partial charge in [-0.05, 0) is 67.9 Å². The summed E-state index contributed by atoms with van der Waals surface area (Å²) in [6.07, 6.45) is 17.5. The highest BCUT2D eigenvalue weighted by Gasteiger charge is 2.32. The summed E-state index contributed by atoms with van der Waals surface area (Å²) < 4.78 is 33.2. The number of hydrogen-bond acceptors (Lipinski definition) is 3. The molecule has 0 N–H and O–H groups in total. The molecule has 0 aromatic heterocycles. The lowest BCUT2D eigenvalue weighted by atomic mass is 9.79. The van der Waals surface area contributed by atoms with Crippen molar-refractivity contribution >= 4 is 0 Å². The Labute approximate surface area is 224 Å². The average Bonchev–Trinajstić information content (AvgIpc) is 2.93. The van der Waals surface area contributed by atoms with Crippen LogP contribution in [0.25, 0.3) is 11.1 Å². The van der Waals surface area contributed by atoms with E-state index in [2.05, 4.69) is 13.8 Å². The molecule has 1 fully saturated rings. The zero-order chi connectivity index (χ0) is 25.9. The molecule has 1 aliphatic heterocycles. The van der Waals surface area contributed by atoms with Crippen LogP contribution in [0.3, 0.4) is 0 Å². The van der Waals surface area contributed by atoms with Crippen LogP contribution < -0.4 is 9.47 Å². The largest absolute Gasteiger partial charge is 0.493 e. The van der Waals surface area contributed by atoms with Crippen LogP contribution in [0, 0.1) is 17.7 Å². The zero-order valence-corrected chi connectivity index (χ0v) is 23.1. The van der Waals surface area contributed by atoms with E-state index in [4.69, 9.17) is 14.2 Å². The van der Waals surface area contributed by atoms with E-state index in [1.165, 1.54) is 89.5 Å². The van der Waals surface area contributed by atoms with E-state index in [9.17, 15) is 4.39 Å². The second-order valence-corrected chi connectivity index (χ2v) is 11.2. The first kappa shape index (κ1) is 28.0. The van der Waals surface area contributed by atoms with Crippen molar-refractivity contribution in [3.05, 3.63) is 47.8 Å². The topological polar surface area (TPSA) is 27.7 Å². The van der Waals surface area contributed by atoms with Gasteiger partial charge in [0.1, 0.15) is 17.3 Å². The van der Waals surface area contributed by atoms with E-state index >= 15 is 0 Å². The molecular formula is C33H47FO3. The van der Waals surface area contributed by atoms with Gasteiger partial charge in [0.25, 0.3) is 0 Å². The van der Waals surface area contributed by atoms with Crippen LogP contribution in [-0.4, -0.2) is 12.9 Å². The first-order chi connectivity index (χ1) is 18.2. The number of fused-ring (bicyclic) bond motifs is 1. The van der Waals surface area contributed by atoms with E-state index in [-0.39, 0.29) is 12.1 Å². The summed E-state index contributed by atoms with van der Waals surface area (Å²) in [5.74, 6) is 2.57. The van der Waals surface area contributed by atoms with Crippen LogP contribution >= 0.6 is 0 Å². The fourth-order valence-corrected chi connectivity index (χ4v) is 5.86. The third-order valence-electron chi connectivity index (χ3n) is 8.22. The average molecular weight is 511 g/mol. The van der Waals surface area contributed by atoms with Crippen molar-refractivity contribution in [1.82, 2.24) is 0 Å². The van der Waals surface area contributed by atoms with E-state index < -0.39 is 0 Å². The highest BCUT2D eigenvalue weighted by molar-refractivity contribution is 5.67. The first-order valence-electron chi connectivity index (χ1n) is 15.0. The predicted molar refractivity (Wildman–Crippen MR) is 150 cm³/mol. The number of hydrogen-bond donors (Lipinski definition) is 0. The summed E-state index contributed by atoms with van der Waals surface area (Å²) in [5, 5.41) is 0. The van der Waals surface area contributed by atoms with Gasteiger partial charge < -0.3 is 14.2 Å². The summed E-state index contributed by atoms with van der Waals surface area (Å²) in [5.41, 5.74) is 2.42. The molecule has 0 radical (unpaired) electrons. The predicted octanol–water partition coefficient (Wildman–Crippen LogP) is 9.85. The molecule has 1 heterocycles. The number of halogens is 1. The fourth-order valence-electron chi connectivity index (χ4n) is 5.86.